The highest BCUT2D eigenvalue weighted by atomic mass is 16.5. The average molecular weight is 317 g/mol. The lowest BCUT2D eigenvalue weighted by Crippen LogP contribution is -2.34. The van der Waals surface area contributed by atoms with Crippen LogP contribution in [-0.2, 0) is 4.79 Å². The van der Waals surface area contributed by atoms with Crippen LogP contribution in [0.3, 0.4) is 0 Å². The Morgan fingerprint density at radius 3 is 2.39 bits per heavy atom. The zero-order valence-corrected chi connectivity index (χ0v) is 14.6. The maximum atomic E-state index is 12.0. The number of benzene rings is 1. The molecule has 3 nitrogen and oxygen atoms in total. The summed E-state index contributed by atoms with van der Waals surface area (Å²) in [5.41, 5.74) is 1.32. The standard InChI is InChI=1S/C20H31NO2/c1-16(2)17-11-13-19(14-12-17)23-15-7-10-20(22)21-18-8-5-3-4-6-9-18/h11-14,16,18H,3-10,15H2,1-2H3,(H,21,22). The van der Waals surface area contributed by atoms with Gasteiger partial charge in [0.05, 0.1) is 6.61 Å². The highest BCUT2D eigenvalue weighted by Crippen LogP contribution is 2.19. The maximum absolute atomic E-state index is 12.0. The molecule has 0 aliphatic heterocycles. The summed E-state index contributed by atoms with van der Waals surface area (Å²) in [7, 11) is 0. The number of ether oxygens (including phenoxy) is 1. The molecule has 0 bridgehead atoms. The summed E-state index contributed by atoms with van der Waals surface area (Å²) in [6.07, 6.45) is 8.74. The van der Waals surface area contributed by atoms with Crippen molar-refractivity contribution in [2.45, 2.75) is 77.2 Å². The van der Waals surface area contributed by atoms with Crippen LogP contribution >= 0.6 is 0 Å². The Balaban J connectivity index is 1.61. The molecule has 0 spiro atoms. The maximum Gasteiger partial charge on any atom is 0.220 e. The van der Waals surface area contributed by atoms with Crippen molar-refractivity contribution in [1.29, 1.82) is 0 Å². The molecule has 1 aliphatic carbocycles. The lowest BCUT2D eigenvalue weighted by Gasteiger charge is -2.16. The van der Waals surface area contributed by atoms with Gasteiger partial charge in [-0.15, -0.1) is 0 Å². The monoisotopic (exact) mass is 317 g/mol. The number of rotatable bonds is 7. The summed E-state index contributed by atoms with van der Waals surface area (Å²) >= 11 is 0. The quantitative estimate of drug-likeness (QED) is 0.579. The summed E-state index contributed by atoms with van der Waals surface area (Å²) in [6.45, 7) is 4.96. The molecule has 1 aromatic rings. The fourth-order valence-electron chi connectivity index (χ4n) is 3.10. The molecule has 23 heavy (non-hydrogen) atoms. The van der Waals surface area contributed by atoms with Gasteiger partial charge in [0.2, 0.25) is 5.91 Å². The lowest BCUT2D eigenvalue weighted by molar-refractivity contribution is -0.122. The predicted molar refractivity (Wildman–Crippen MR) is 94.9 cm³/mol. The zero-order valence-electron chi connectivity index (χ0n) is 14.6. The number of carbonyl (C=O) groups is 1. The Bertz CT molecular complexity index is 459. The van der Waals surface area contributed by atoms with E-state index >= 15 is 0 Å². The van der Waals surface area contributed by atoms with Gasteiger partial charge in [-0.05, 0) is 42.9 Å². The first kappa shape index (κ1) is 17.8. The summed E-state index contributed by atoms with van der Waals surface area (Å²) in [5, 5.41) is 3.18. The molecule has 0 saturated heterocycles. The number of amides is 1. The van der Waals surface area contributed by atoms with Gasteiger partial charge in [-0.1, -0.05) is 51.7 Å². The molecule has 1 N–H and O–H groups in total. The second-order valence-corrected chi connectivity index (χ2v) is 6.93. The first-order valence-corrected chi connectivity index (χ1v) is 9.17. The summed E-state index contributed by atoms with van der Waals surface area (Å²) in [5.74, 6) is 1.60. The van der Waals surface area contributed by atoms with E-state index in [4.69, 9.17) is 4.74 Å². The Morgan fingerprint density at radius 1 is 1.13 bits per heavy atom. The summed E-state index contributed by atoms with van der Waals surface area (Å²) in [4.78, 5) is 12.0. The molecule has 0 aromatic heterocycles. The van der Waals surface area contributed by atoms with Crippen LogP contribution in [0.25, 0.3) is 0 Å². The molecule has 1 amide bonds. The van der Waals surface area contributed by atoms with Crippen molar-refractivity contribution in [3.8, 4) is 5.75 Å². The van der Waals surface area contributed by atoms with E-state index in [1.807, 2.05) is 12.1 Å². The molecule has 0 unspecified atom stereocenters. The van der Waals surface area contributed by atoms with Gasteiger partial charge in [0.15, 0.2) is 0 Å². The van der Waals surface area contributed by atoms with E-state index in [0.29, 0.717) is 25.0 Å². The first-order chi connectivity index (χ1) is 11.1. The molecule has 1 aliphatic rings. The van der Waals surface area contributed by atoms with Crippen LogP contribution < -0.4 is 10.1 Å². The van der Waals surface area contributed by atoms with Crippen LogP contribution in [0.5, 0.6) is 5.75 Å². The first-order valence-electron chi connectivity index (χ1n) is 9.17. The van der Waals surface area contributed by atoms with Crippen molar-refractivity contribution in [3.05, 3.63) is 29.8 Å². The largest absolute Gasteiger partial charge is 0.494 e. The summed E-state index contributed by atoms with van der Waals surface area (Å²) < 4.78 is 5.72. The second kappa shape index (κ2) is 9.59. The van der Waals surface area contributed by atoms with E-state index in [1.165, 1.54) is 31.2 Å². The SMILES string of the molecule is CC(C)c1ccc(OCCCC(=O)NC2CCCCCC2)cc1. The third-order valence-corrected chi connectivity index (χ3v) is 4.58. The van der Waals surface area contributed by atoms with Crippen molar-refractivity contribution < 1.29 is 9.53 Å². The van der Waals surface area contributed by atoms with Gasteiger partial charge in [0, 0.05) is 12.5 Å². The average Bonchev–Trinajstić information content (AvgIpc) is 2.80. The van der Waals surface area contributed by atoms with E-state index in [1.54, 1.807) is 0 Å². The van der Waals surface area contributed by atoms with Crippen LogP contribution in [0.1, 0.15) is 76.7 Å². The van der Waals surface area contributed by atoms with Gasteiger partial charge in [0.25, 0.3) is 0 Å². The Hall–Kier alpha value is -1.51. The van der Waals surface area contributed by atoms with Crippen molar-refractivity contribution in [3.63, 3.8) is 0 Å². The zero-order chi connectivity index (χ0) is 16.5. The third-order valence-electron chi connectivity index (χ3n) is 4.58. The van der Waals surface area contributed by atoms with Gasteiger partial charge >= 0.3 is 0 Å². The van der Waals surface area contributed by atoms with Gasteiger partial charge in [0.1, 0.15) is 5.75 Å². The van der Waals surface area contributed by atoms with E-state index in [0.717, 1.165) is 25.0 Å². The lowest BCUT2D eigenvalue weighted by atomic mass is 10.0. The molecule has 1 saturated carbocycles. The minimum absolute atomic E-state index is 0.177. The number of hydrogen-bond donors (Lipinski definition) is 1. The van der Waals surface area contributed by atoms with Crippen LogP contribution in [-0.4, -0.2) is 18.6 Å². The molecule has 1 aromatic carbocycles. The molecular formula is C20H31NO2. The molecule has 3 heteroatoms. The van der Waals surface area contributed by atoms with Crippen molar-refractivity contribution >= 4 is 5.91 Å². The normalized spacial score (nSPS) is 16.1. The fourth-order valence-corrected chi connectivity index (χ4v) is 3.10. The third kappa shape index (κ3) is 6.64. The molecule has 1 fully saturated rings. The Kier molecular flexibility index (Phi) is 7.44. The van der Waals surface area contributed by atoms with Crippen LogP contribution in [0.2, 0.25) is 0 Å². The van der Waals surface area contributed by atoms with Gasteiger partial charge in [-0.3, -0.25) is 4.79 Å². The second-order valence-electron chi connectivity index (χ2n) is 6.93. The van der Waals surface area contributed by atoms with Crippen LogP contribution in [0, 0.1) is 0 Å². The number of carbonyl (C=O) groups excluding carboxylic acids is 1. The topological polar surface area (TPSA) is 38.3 Å². The fraction of sp³-hybridized carbons (Fsp3) is 0.650. The smallest absolute Gasteiger partial charge is 0.220 e. The Labute approximate surface area is 140 Å². The molecule has 128 valence electrons. The molecule has 2 rings (SSSR count). The van der Waals surface area contributed by atoms with E-state index in [-0.39, 0.29) is 5.91 Å². The van der Waals surface area contributed by atoms with E-state index < -0.39 is 0 Å². The predicted octanol–water partition coefficient (Wildman–Crippen LogP) is 4.81. The van der Waals surface area contributed by atoms with E-state index in [9.17, 15) is 4.79 Å². The number of nitrogens with one attached hydrogen (secondary N) is 1. The molecule has 0 radical (unpaired) electrons. The minimum atomic E-state index is 0.177. The van der Waals surface area contributed by atoms with Crippen LogP contribution in [0.15, 0.2) is 24.3 Å². The molecule has 0 heterocycles. The molecular weight excluding hydrogens is 286 g/mol. The van der Waals surface area contributed by atoms with Gasteiger partial charge in [-0.2, -0.15) is 0 Å². The van der Waals surface area contributed by atoms with Crippen molar-refractivity contribution in [2.75, 3.05) is 6.61 Å². The van der Waals surface area contributed by atoms with Gasteiger partial charge < -0.3 is 10.1 Å². The number of hydrogen-bond acceptors (Lipinski definition) is 2. The van der Waals surface area contributed by atoms with Crippen molar-refractivity contribution in [1.82, 2.24) is 5.32 Å². The minimum Gasteiger partial charge on any atom is -0.494 e. The molecule has 0 atom stereocenters. The highest BCUT2D eigenvalue weighted by Gasteiger charge is 2.14. The van der Waals surface area contributed by atoms with Crippen LogP contribution in [0.4, 0.5) is 0 Å². The summed E-state index contributed by atoms with van der Waals surface area (Å²) in [6, 6.07) is 8.65. The van der Waals surface area contributed by atoms with Crippen molar-refractivity contribution in [2.24, 2.45) is 0 Å². The Morgan fingerprint density at radius 2 is 1.78 bits per heavy atom. The van der Waals surface area contributed by atoms with Gasteiger partial charge in [-0.25, -0.2) is 0 Å². The highest BCUT2D eigenvalue weighted by molar-refractivity contribution is 5.76. The van der Waals surface area contributed by atoms with E-state index in [2.05, 4.69) is 31.3 Å².